The van der Waals surface area contributed by atoms with Crippen molar-refractivity contribution in [1.82, 2.24) is 24.1 Å². The predicted molar refractivity (Wildman–Crippen MR) is 77.7 cm³/mol. The van der Waals surface area contributed by atoms with E-state index in [9.17, 15) is 0 Å². The average Bonchev–Trinajstić information content (AvgIpc) is 3.07. The molecule has 0 radical (unpaired) electrons. The van der Waals surface area contributed by atoms with Gasteiger partial charge in [-0.15, -0.1) is 21.5 Å². The van der Waals surface area contributed by atoms with Crippen LogP contribution in [0.1, 0.15) is 24.9 Å². The molecule has 19 heavy (non-hydrogen) atoms. The minimum atomic E-state index is 0.887. The third-order valence-electron chi connectivity index (χ3n) is 2.93. The van der Waals surface area contributed by atoms with Crippen molar-refractivity contribution >= 4 is 27.9 Å². The summed E-state index contributed by atoms with van der Waals surface area (Å²) in [5.41, 5.74) is 1.26. The molecule has 0 spiro atoms. The number of imidazole rings is 1. The topological polar surface area (TPSA) is 48.0 Å². The van der Waals surface area contributed by atoms with Crippen molar-refractivity contribution in [1.29, 1.82) is 0 Å². The summed E-state index contributed by atoms with van der Waals surface area (Å²) >= 11 is 3.45. The molecule has 3 rings (SSSR count). The monoisotopic (exact) mass is 293 g/mol. The van der Waals surface area contributed by atoms with Crippen LogP contribution in [0.15, 0.2) is 23.1 Å². The van der Waals surface area contributed by atoms with Gasteiger partial charge in [-0.25, -0.2) is 4.98 Å². The quantitative estimate of drug-likeness (QED) is 0.679. The minimum absolute atomic E-state index is 0.887. The standard InChI is InChI=1S/C12H15N5S2/c1-3-4-16-9(2)14-15-12(16)19-7-10-6-18-11-5-13-8-17(10)11/h5-6,8H,3-4,7H2,1-2H3. The Morgan fingerprint density at radius 1 is 1.37 bits per heavy atom. The highest BCUT2D eigenvalue weighted by Crippen LogP contribution is 2.25. The lowest BCUT2D eigenvalue weighted by Gasteiger charge is -2.05. The molecule has 5 nitrogen and oxygen atoms in total. The Hall–Kier alpha value is -1.34. The second kappa shape index (κ2) is 5.34. The molecule has 0 amide bonds. The molecule has 100 valence electrons. The summed E-state index contributed by atoms with van der Waals surface area (Å²) in [5.74, 6) is 1.88. The van der Waals surface area contributed by atoms with E-state index in [1.807, 2.05) is 19.4 Å². The smallest absolute Gasteiger partial charge is 0.191 e. The van der Waals surface area contributed by atoms with Gasteiger partial charge in [0.1, 0.15) is 17.0 Å². The molecule has 7 heteroatoms. The molecule has 0 N–H and O–H groups in total. The summed E-state index contributed by atoms with van der Waals surface area (Å²) in [6, 6.07) is 0. The number of fused-ring (bicyclic) bond motifs is 1. The molecule has 0 saturated carbocycles. The van der Waals surface area contributed by atoms with Crippen molar-refractivity contribution < 1.29 is 0 Å². The molecule has 0 atom stereocenters. The zero-order valence-electron chi connectivity index (χ0n) is 10.9. The van der Waals surface area contributed by atoms with Crippen molar-refractivity contribution in [3.05, 3.63) is 29.4 Å². The third kappa shape index (κ3) is 2.40. The van der Waals surface area contributed by atoms with Crippen LogP contribution in [-0.2, 0) is 12.3 Å². The van der Waals surface area contributed by atoms with Crippen molar-refractivity contribution in [2.75, 3.05) is 0 Å². The molecule has 0 fully saturated rings. The van der Waals surface area contributed by atoms with Gasteiger partial charge in [0, 0.05) is 23.4 Å². The number of hydrogen-bond donors (Lipinski definition) is 0. The second-order valence-corrected chi connectivity index (χ2v) is 6.13. The van der Waals surface area contributed by atoms with E-state index < -0.39 is 0 Å². The fourth-order valence-electron chi connectivity index (χ4n) is 1.96. The van der Waals surface area contributed by atoms with Crippen LogP contribution in [0.3, 0.4) is 0 Å². The number of thioether (sulfide) groups is 1. The molecule has 3 aromatic rings. The number of aryl methyl sites for hydroxylation is 1. The summed E-state index contributed by atoms with van der Waals surface area (Å²) in [4.78, 5) is 5.34. The summed E-state index contributed by atoms with van der Waals surface area (Å²) < 4.78 is 4.31. The predicted octanol–water partition coefficient (Wildman–Crippen LogP) is 3.00. The van der Waals surface area contributed by atoms with Gasteiger partial charge < -0.3 is 4.57 Å². The maximum absolute atomic E-state index is 4.26. The van der Waals surface area contributed by atoms with E-state index in [4.69, 9.17) is 0 Å². The lowest BCUT2D eigenvalue weighted by atomic mass is 10.5. The first kappa shape index (κ1) is 12.7. The Morgan fingerprint density at radius 2 is 2.26 bits per heavy atom. The summed E-state index contributed by atoms with van der Waals surface area (Å²) in [6.07, 6.45) is 4.85. The lowest BCUT2D eigenvalue weighted by molar-refractivity contribution is 0.605. The van der Waals surface area contributed by atoms with E-state index in [1.165, 1.54) is 10.5 Å². The van der Waals surface area contributed by atoms with Crippen LogP contribution in [0, 0.1) is 6.92 Å². The van der Waals surface area contributed by atoms with E-state index in [1.54, 1.807) is 23.1 Å². The van der Waals surface area contributed by atoms with Crippen molar-refractivity contribution in [3.63, 3.8) is 0 Å². The van der Waals surface area contributed by atoms with Crippen LogP contribution in [0.4, 0.5) is 0 Å². The molecule has 0 aromatic carbocycles. The van der Waals surface area contributed by atoms with Crippen LogP contribution in [-0.4, -0.2) is 24.1 Å². The highest BCUT2D eigenvalue weighted by molar-refractivity contribution is 7.98. The van der Waals surface area contributed by atoms with E-state index in [-0.39, 0.29) is 0 Å². The number of aromatic nitrogens is 5. The molecule has 0 aliphatic carbocycles. The maximum Gasteiger partial charge on any atom is 0.191 e. The molecule has 3 heterocycles. The highest BCUT2D eigenvalue weighted by atomic mass is 32.2. The Balaban J connectivity index is 1.77. The van der Waals surface area contributed by atoms with Gasteiger partial charge in [0.2, 0.25) is 0 Å². The summed E-state index contributed by atoms with van der Waals surface area (Å²) in [6.45, 7) is 5.15. The van der Waals surface area contributed by atoms with Gasteiger partial charge in [0.25, 0.3) is 0 Å². The average molecular weight is 293 g/mol. The first-order valence-electron chi connectivity index (χ1n) is 6.20. The van der Waals surface area contributed by atoms with Crippen LogP contribution in [0.5, 0.6) is 0 Å². The van der Waals surface area contributed by atoms with E-state index in [0.717, 1.165) is 29.7 Å². The van der Waals surface area contributed by atoms with Crippen molar-refractivity contribution in [2.24, 2.45) is 0 Å². The van der Waals surface area contributed by atoms with Crippen LogP contribution >= 0.6 is 23.1 Å². The van der Waals surface area contributed by atoms with Gasteiger partial charge in [-0.1, -0.05) is 18.7 Å². The second-order valence-electron chi connectivity index (χ2n) is 4.30. The zero-order valence-corrected chi connectivity index (χ0v) is 12.5. The molecular formula is C12H15N5S2. The number of hydrogen-bond acceptors (Lipinski definition) is 5. The fraction of sp³-hybridized carbons (Fsp3) is 0.417. The summed E-state index contributed by atoms with van der Waals surface area (Å²) in [7, 11) is 0. The van der Waals surface area contributed by atoms with Crippen molar-refractivity contribution in [3.8, 4) is 0 Å². The van der Waals surface area contributed by atoms with Gasteiger partial charge >= 0.3 is 0 Å². The van der Waals surface area contributed by atoms with Gasteiger partial charge in [-0.2, -0.15) is 0 Å². The van der Waals surface area contributed by atoms with Crippen molar-refractivity contribution in [2.45, 2.75) is 37.7 Å². The SMILES string of the molecule is CCCn1c(C)nnc1SCc1csc2cncn12. The molecular weight excluding hydrogens is 278 g/mol. The first-order valence-corrected chi connectivity index (χ1v) is 8.07. The van der Waals surface area contributed by atoms with Crippen LogP contribution < -0.4 is 0 Å². The van der Waals surface area contributed by atoms with Gasteiger partial charge in [0.15, 0.2) is 5.16 Å². The Labute approximate surface area is 119 Å². The molecule has 3 aromatic heterocycles. The first-order chi connectivity index (χ1) is 9.29. The Bertz CT molecular complexity index is 681. The normalized spacial score (nSPS) is 11.5. The van der Waals surface area contributed by atoms with Crippen LogP contribution in [0.2, 0.25) is 0 Å². The molecule has 0 unspecified atom stereocenters. The lowest BCUT2D eigenvalue weighted by Crippen LogP contribution is -2.01. The van der Waals surface area contributed by atoms with Gasteiger partial charge in [-0.05, 0) is 13.3 Å². The van der Waals surface area contributed by atoms with E-state index in [2.05, 4.69) is 36.5 Å². The summed E-state index contributed by atoms with van der Waals surface area (Å²) in [5, 5.41) is 11.6. The van der Waals surface area contributed by atoms with E-state index >= 15 is 0 Å². The number of rotatable bonds is 5. The highest BCUT2D eigenvalue weighted by Gasteiger charge is 2.10. The molecule has 0 aliphatic rings. The number of nitrogens with zero attached hydrogens (tertiary/aromatic N) is 5. The minimum Gasteiger partial charge on any atom is -0.306 e. The van der Waals surface area contributed by atoms with Gasteiger partial charge in [0.05, 0.1) is 6.20 Å². The molecule has 0 saturated heterocycles. The Kier molecular flexibility index (Phi) is 3.56. The number of thiazole rings is 1. The maximum atomic E-state index is 4.26. The molecule has 0 aliphatic heterocycles. The molecule has 0 bridgehead atoms. The largest absolute Gasteiger partial charge is 0.306 e. The zero-order chi connectivity index (χ0) is 13.2. The Morgan fingerprint density at radius 3 is 3.11 bits per heavy atom. The fourth-order valence-corrected chi connectivity index (χ4v) is 3.90. The third-order valence-corrected chi connectivity index (χ3v) is 4.86. The van der Waals surface area contributed by atoms with Crippen LogP contribution in [0.25, 0.3) is 4.83 Å². The van der Waals surface area contributed by atoms with E-state index in [0.29, 0.717) is 0 Å². The van der Waals surface area contributed by atoms with Gasteiger partial charge in [-0.3, -0.25) is 4.40 Å².